The van der Waals surface area contributed by atoms with Crippen molar-refractivity contribution in [2.45, 2.75) is 19.1 Å². The van der Waals surface area contributed by atoms with Gasteiger partial charge in [0.15, 0.2) is 5.78 Å². The number of aromatic hydroxyl groups is 1. The molecule has 0 amide bonds. The molecule has 1 aromatic carbocycles. The molecule has 0 fully saturated rings. The van der Waals surface area contributed by atoms with Gasteiger partial charge in [0.25, 0.3) is 0 Å². The van der Waals surface area contributed by atoms with Crippen LogP contribution in [0.15, 0.2) is 27.9 Å². The number of phenols is 1. The maximum atomic E-state index is 12.5. The molecule has 0 heterocycles. The minimum Gasteiger partial charge on any atom is -0.506 e. The Hall–Kier alpha value is -0.450. The molecular formula is C16H16I2O4. The van der Waals surface area contributed by atoms with E-state index in [1.165, 1.54) is 0 Å². The van der Waals surface area contributed by atoms with Crippen LogP contribution in [0, 0.1) is 3.57 Å². The number of hydrogen-bond acceptors (Lipinski definition) is 4. The molecule has 1 atom stereocenters. The van der Waals surface area contributed by atoms with E-state index >= 15 is 0 Å². The van der Waals surface area contributed by atoms with Gasteiger partial charge < -0.3 is 14.6 Å². The lowest BCUT2D eigenvalue weighted by atomic mass is 9.88. The fourth-order valence-corrected chi connectivity index (χ4v) is 3.87. The number of Topliss-reactive ketones (excluding diaryl/α,β-unsaturated/α-hetero) is 1. The third-order valence-corrected chi connectivity index (χ3v) is 5.09. The standard InChI is InChI=1S/C16H16I2O4/c1-16(22-3)6-11(15(20)13(18)7-16)10-4-9(8-21-2)5-12(17)14(10)19/h4-7,19H,8H2,1-3H3. The minimum absolute atomic E-state index is 0.101. The lowest BCUT2D eigenvalue weighted by Gasteiger charge is -2.27. The highest BCUT2D eigenvalue weighted by Crippen LogP contribution is 2.39. The van der Waals surface area contributed by atoms with Crippen LogP contribution >= 0.6 is 45.2 Å². The number of carbonyl (C=O) groups excluding carboxylic acids is 1. The average Bonchev–Trinajstić information content (AvgIpc) is 2.47. The van der Waals surface area contributed by atoms with Crippen LogP contribution < -0.4 is 0 Å². The second kappa shape index (κ2) is 6.98. The number of ether oxygens (including phenoxy) is 2. The first kappa shape index (κ1) is 17.9. The Morgan fingerprint density at radius 3 is 2.50 bits per heavy atom. The zero-order valence-electron chi connectivity index (χ0n) is 12.4. The molecule has 0 saturated carbocycles. The molecule has 4 nitrogen and oxygen atoms in total. The fourth-order valence-electron chi connectivity index (χ4n) is 2.27. The second-order valence-electron chi connectivity index (χ2n) is 5.17. The van der Waals surface area contributed by atoms with Crippen LogP contribution in [0.2, 0.25) is 0 Å². The van der Waals surface area contributed by atoms with Crippen LogP contribution in [0.5, 0.6) is 5.75 Å². The molecule has 0 spiro atoms. The number of carbonyl (C=O) groups is 1. The predicted molar refractivity (Wildman–Crippen MR) is 102 cm³/mol. The van der Waals surface area contributed by atoms with E-state index in [1.54, 1.807) is 32.4 Å². The summed E-state index contributed by atoms with van der Waals surface area (Å²) in [6.45, 7) is 2.29. The number of methoxy groups -OCH3 is 2. The molecule has 22 heavy (non-hydrogen) atoms. The summed E-state index contributed by atoms with van der Waals surface area (Å²) in [6, 6.07) is 3.63. The number of ketones is 1. The third-order valence-electron chi connectivity index (χ3n) is 3.47. The Morgan fingerprint density at radius 2 is 1.91 bits per heavy atom. The first-order valence-corrected chi connectivity index (χ1v) is 8.69. The SMILES string of the molecule is COCc1cc(I)c(O)c(C2=CC(C)(OC)C=C(I)C2=O)c1. The molecule has 118 valence electrons. The Bertz CT molecular complexity index is 679. The molecular weight excluding hydrogens is 510 g/mol. The van der Waals surface area contributed by atoms with E-state index in [0.29, 0.717) is 24.9 Å². The van der Waals surface area contributed by atoms with E-state index in [4.69, 9.17) is 9.47 Å². The molecule has 2 rings (SSSR count). The number of hydrogen-bond donors (Lipinski definition) is 1. The molecule has 0 aromatic heterocycles. The Kier molecular flexibility index (Phi) is 5.68. The maximum Gasteiger partial charge on any atom is 0.199 e. The van der Waals surface area contributed by atoms with Gasteiger partial charge in [-0.25, -0.2) is 0 Å². The van der Waals surface area contributed by atoms with E-state index in [2.05, 4.69) is 22.6 Å². The monoisotopic (exact) mass is 526 g/mol. The smallest absolute Gasteiger partial charge is 0.199 e. The largest absolute Gasteiger partial charge is 0.506 e. The van der Waals surface area contributed by atoms with Crippen molar-refractivity contribution in [2.75, 3.05) is 14.2 Å². The molecule has 6 heteroatoms. The summed E-state index contributed by atoms with van der Waals surface area (Å²) in [7, 11) is 3.20. The van der Waals surface area contributed by atoms with E-state index < -0.39 is 5.60 Å². The van der Waals surface area contributed by atoms with Gasteiger partial charge in [0.1, 0.15) is 11.4 Å². The average molecular weight is 526 g/mol. The van der Waals surface area contributed by atoms with Crippen LogP contribution in [-0.2, 0) is 20.9 Å². The summed E-state index contributed by atoms with van der Waals surface area (Å²) in [4.78, 5) is 12.5. The lowest BCUT2D eigenvalue weighted by Crippen LogP contribution is -2.27. The fraction of sp³-hybridized carbons (Fsp3) is 0.312. The van der Waals surface area contributed by atoms with Gasteiger partial charge in [-0.15, -0.1) is 0 Å². The van der Waals surface area contributed by atoms with E-state index in [1.807, 2.05) is 35.6 Å². The van der Waals surface area contributed by atoms with Crippen LogP contribution in [-0.4, -0.2) is 30.7 Å². The van der Waals surface area contributed by atoms with Gasteiger partial charge in [0.05, 0.1) is 13.8 Å². The predicted octanol–water partition coefficient (Wildman–Crippen LogP) is 3.83. The van der Waals surface area contributed by atoms with Gasteiger partial charge in [-0.2, -0.15) is 0 Å². The number of halogens is 2. The molecule has 0 bridgehead atoms. The molecule has 1 aromatic rings. The Balaban J connectivity index is 2.61. The van der Waals surface area contributed by atoms with Gasteiger partial charge in [-0.05, 0) is 82.0 Å². The van der Waals surface area contributed by atoms with Crippen molar-refractivity contribution in [1.29, 1.82) is 0 Å². The van der Waals surface area contributed by atoms with E-state index in [9.17, 15) is 9.90 Å². The topological polar surface area (TPSA) is 55.8 Å². The van der Waals surface area contributed by atoms with Crippen LogP contribution in [0.3, 0.4) is 0 Å². The molecule has 1 aliphatic rings. The van der Waals surface area contributed by atoms with Crippen molar-refractivity contribution < 1.29 is 19.4 Å². The van der Waals surface area contributed by atoms with Gasteiger partial charge in [0, 0.05) is 25.4 Å². The second-order valence-corrected chi connectivity index (χ2v) is 7.50. The van der Waals surface area contributed by atoms with E-state index in [-0.39, 0.29) is 11.5 Å². The number of allylic oxidation sites excluding steroid dienone is 2. The van der Waals surface area contributed by atoms with Crippen molar-refractivity contribution in [3.63, 3.8) is 0 Å². The quantitative estimate of drug-likeness (QED) is 0.607. The minimum atomic E-state index is -0.672. The van der Waals surface area contributed by atoms with Crippen LogP contribution in [0.25, 0.3) is 5.57 Å². The number of benzene rings is 1. The zero-order chi connectivity index (χ0) is 16.5. The molecule has 1 N–H and O–H groups in total. The van der Waals surface area contributed by atoms with Crippen LogP contribution in [0.1, 0.15) is 18.1 Å². The van der Waals surface area contributed by atoms with Crippen molar-refractivity contribution in [2.24, 2.45) is 0 Å². The van der Waals surface area contributed by atoms with Crippen molar-refractivity contribution in [1.82, 2.24) is 0 Å². The third kappa shape index (κ3) is 3.55. The van der Waals surface area contributed by atoms with Crippen molar-refractivity contribution in [3.05, 3.63) is 42.6 Å². The van der Waals surface area contributed by atoms with Crippen molar-refractivity contribution >= 4 is 56.5 Å². The summed E-state index contributed by atoms with van der Waals surface area (Å²) in [5.41, 5.74) is 1.19. The van der Waals surface area contributed by atoms with E-state index in [0.717, 1.165) is 5.56 Å². The zero-order valence-corrected chi connectivity index (χ0v) is 16.8. The Morgan fingerprint density at radius 1 is 1.23 bits per heavy atom. The highest BCUT2D eigenvalue weighted by atomic mass is 127. The van der Waals surface area contributed by atoms with Gasteiger partial charge in [0.2, 0.25) is 0 Å². The molecule has 0 radical (unpaired) electrons. The molecule has 0 aliphatic heterocycles. The first-order chi connectivity index (χ1) is 10.3. The van der Waals surface area contributed by atoms with Gasteiger partial charge in [-0.3, -0.25) is 4.79 Å². The van der Waals surface area contributed by atoms with Crippen LogP contribution in [0.4, 0.5) is 0 Å². The lowest BCUT2D eigenvalue weighted by molar-refractivity contribution is -0.110. The van der Waals surface area contributed by atoms with Gasteiger partial charge in [-0.1, -0.05) is 0 Å². The summed E-state index contributed by atoms with van der Waals surface area (Å²) in [5, 5.41) is 10.4. The normalized spacial score (nSPS) is 21.6. The maximum absolute atomic E-state index is 12.5. The molecule has 1 aliphatic carbocycles. The summed E-state index contributed by atoms with van der Waals surface area (Å²) in [6.07, 6.45) is 3.53. The summed E-state index contributed by atoms with van der Waals surface area (Å²) in [5.74, 6) is -0.0135. The summed E-state index contributed by atoms with van der Waals surface area (Å²) < 4.78 is 11.9. The van der Waals surface area contributed by atoms with Crippen molar-refractivity contribution in [3.8, 4) is 5.75 Å². The van der Waals surface area contributed by atoms with Gasteiger partial charge >= 0.3 is 0 Å². The number of phenolic OH excluding ortho intramolecular Hbond substituents is 1. The number of rotatable bonds is 4. The first-order valence-electron chi connectivity index (χ1n) is 6.53. The highest BCUT2D eigenvalue weighted by Gasteiger charge is 2.31. The highest BCUT2D eigenvalue weighted by molar-refractivity contribution is 14.1. The molecule has 0 saturated heterocycles. The summed E-state index contributed by atoms with van der Waals surface area (Å²) >= 11 is 4.05. The molecule has 1 unspecified atom stereocenters. The Labute approximate surface area is 156 Å².